The maximum Gasteiger partial charge on any atom is 0.196 e. The van der Waals surface area contributed by atoms with E-state index in [1.807, 2.05) is 12.1 Å². The Hall–Kier alpha value is -2.37. The number of carbonyl (C=O) groups is 2. The lowest BCUT2D eigenvalue weighted by molar-refractivity contribution is 0.0980. The van der Waals surface area contributed by atoms with Crippen LogP contribution < -0.4 is 16.4 Å². The van der Waals surface area contributed by atoms with Crippen molar-refractivity contribution >= 4 is 35.3 Å². The number of anilines is 2. The van der Waals surface area contributed by atoms with Gasteiger partial charge in [-0.1, -0.05) is 24.3 Å². The predicted molar refractivity (Wildman–Crippen MR) is 98.7 cm³/mol. The highest BCUT2D eigenvalue weighted by molar-refractivity contribution is 6.31. The largest absolute Gasteiger partial charge is 0.388 e. The lowest BCUT2D eigenvalue weighted by Crippen LogP contribution is -2.24. The minimum absolute atomic E-state index is 0. The Morgan fingerprint density at radius 3 is 2.00 bits per heavy atom. The fraction of sp³-hybridized carbons (Fsp3) is 0.222. The van der Waals surface area contributed by atoms with Crippen LogP contribution >= 0.6 is 12.4 Å². The van der Waals surface area contributed by atoms with Crippen molar-refractivity contribution < 1.29 is 9.59 Å². The number of nitrogens with two attached hydrogens (primary N) is 1. The zero-order chi connectivity index (χ0) is 16.4. The molecule has 0 aliphatic heterocycles. The van der Waals surface area contributed by atoms with Crippen molar-refractivity contribution in [2.24, 2.45) is 5.73 Å². The molecule has 0 unspecified atom stereocenters. The molecule has 0 fully saturated rings. The van der Waals surface area contributed by atoms with Crippen LogP contribution in [0.15, 0.2) is 36.4 Å². The summed E-state index contributed by atoms with van der Waals surface area (Å²) in [6.45, 7) is 1.23. The Morgan fingerprint density at radius 1 is 0.917 bits per heavy atom. The minimum Gasteiger partial charge on any atom is -0.388 e. The van der Waals surface area contributed by atoms with E-state index in [-0.39, 0.29) is 24.0 Å². The molecule has 0 saturated carbocycles. The number of hydrogen-bond donors (Lipinski definition) is 3. The highest BCUT2D eigenvalue weighted by Gasteiger charge is 2.33. The second kappa shape index (κ2) is 7.47. The molecule has 4 N–H and O–H groups in total. The van der Waals surface area contributed by atoms with E-state index in [0.717, 1.165) is 6.42 Å². The number of ketones is 2. The van der Waals surface area contributed by atoms with E-state index in [0.29, 0.717) is 46.7 Å². The van der Waals surface area contributed by atoms with Gasteiger partial charge in [0.15, 0.2) is 11.6 Å². The van der Waals surface area contributed by atoms with Crippen molar-refractivity contribution in [1.82, 2.24) is 0 Å². The molecule has 3 rings (SSSR count). The van der Waals surface area contributed by atoms with E-state index in [1.54, 1.807) is 31.3 Å². The number of hydrogen-bond acceptors (Lipinski definition) is 5. The molecular weight excluding hydrogens is 326 g/mol. The van der Waals surface area contributed by atoms with Crippen LogP contribution in [0, 0.1) is 0 Å². The van der Waals surface area contributed by atoms with Crippen molar-refractivity contribution in [1.29, 1.82) is 0 Å². The monoisotopic (exact) mass is 345 g/mol. The number of fused-ring (bicyclic) bond motifs is 2. The normalized spacial score (nSPS) is 12.1. The fourth-order valence-corrected chi connectivity index (χ4v) is 2.90. The van der Waals surface area contributed by atoms with Crippen LogP contribution in [-0.4, -0.2) is 31.7 Å². The van der Waals surface area contributed by atoms with Crippen molar-refractivity contribution in [3.8, 4) is 0 Å². The number of nitrogens with one attached hydrogen (secondary N) is 2. The summed E-state index contributed by atoms with van der Waals surface area (Å²) in [5.41, 5.74) is 8.66. The third-order valence-corrected chi connectivity index (χ3v) is 4.04. The highest BCUT2D eigenvalue weighted by Crippen LogP contribution is 2.36. The molecule has 0 amide bonds. The predicted octanol–water partition coefficient (Wildman–Crippen LogP) is 2.69. The Labute approximate surface area is 147 Å². The van der Waals surface area contributed by atoms with Gasteiger partial charge in [0.1, 0.15) is 0 Å². The minimum atomic E-state index is -0.123. The summed E-state index contributed by atoms with van der Waals surface area (Å²) in [6.07, 6.45) is 0.793. The van der Waals surface area contributed by atoms with Gasteiger partial charge < -0.3 is 16.4 Å². The van der Waals surface area contributed by atoms with Gasteiger partial charge in [-0.3, -0.25) is 9.59 Å². The first-order chi connectivity index (χ1) is 11.2. The van der Waals surface area contributed by atoms with Crippen LogP contribution in [0.2, 0.25) is 0 Å². The Kier molecular flexibility index (Phi) is 5.59. The molecule has 1 aliphatic rings. The van der Waals surface area contributed by atoms with Crippen LogP contribution in [0.5, 0.6) is 0 Å². The van der Waals surface area contributed by atoms with Gasteiger partial charge in [0.05, 0.1) is 11.1 Å². The topological polar surface area (TPSA) is 84.2 Å². The summed E-state index contributed by atoms with van der Waals surface area (Å²) in [5.74, 6) is -0.246. The molecule has 0 heterocycles. The summed E-state index contributed by atoms with van der Waals surface area (Å²) in [4.78, 5) is 25.8. The molecule has 2 aromatic rings. The highest BCUT2D eigenvalue weighted by atomic mass is 35.5. The number of carbonyl (C=O) groups excluding carboxylic acids is 2. The SMILES string of the molecule is CNc1ccc(NCCCN)c2c1C(=O)c1ccccc1C2=O.Cl. The van der Waals surface area contributed by atoms with Crippen LogP contribution in [0.25, 0.3) is 0 Å². The molecule has 0 aromatic heterocycles. The van der Waals surface area contributed by atoms with E-state index in [1.165, 1.54) is 0 Å². The first-order valence-corrected chi connectivity index (χ1v) is 7.66. The van der Waals surface area contributed by atoms with Gasteiger partial charge in [0.25, 0.3) is 0 Å². The molecule has 6 heteroatoms. The van der Waals surface area contributed by atoms with Gasteiger partial charge >= 0.3 is 0 Å². The smallest absolute Gasteiger partial charge is 0.196 e. The van der Waals surface area contributed by atoms with Crippen LogP contribution in [0.4, 0.5) is 11.4 Å². The van der Waals surface area contributed by atoms with Gasteiger partial charge in [0.2, 0.25) is 0 Å². The van der Waals surface area contributed by atoms with Crippen LogP contribution in [-0.2, 0) is 0 Å². The molecule has 2 aromatic carbocycles. The maximum atomic E-state index is 12.9. The lowest BCUT2D eigenvalue weighted by atomic mass is 9.82. The summed E-state index contributed by atoms with van der Waals surface area (Å²) in [6, 6.07) is 10.6. The van der Waals surface area contributed by atoms with Crippen molar-refractivity contribution in [3.63, 3.8) is 0 Å². The second-order valence-corrected chi connectivity index (χ2v) is 5.43. The number of rotatable bonds is 5. The molecule has 1 aliphatic carbocycles. The second-order valence-electron chi connectivity index (χ2n) is 5.43. The van der Waals surface area contributed by atoms with Crippen molar-refractivity contribution in [2.45, 2.75) is 6.42 Å². The van der Waals surface area contributed by atoms with Gasteiger partial charge in [-0.05, 0) is 25.1 Å². The number of benzene rings is 2. The average Bonchev–Trinajstić information content (AvgIpc) is 2.59. The maximum absolute atomic E-state index is 12.9. The standard InChI is InChI=1S/C18H19N3O2.ClH/c1-20-13-7-8-14(21-10-4-9-19)16-15(13)17(22)11-5-2-3-6-12(11)18(16)23;/h2-3,5-8,20-21H,4,9-10,19H2,1H3;1H. The molecule has 0 saturated heterocycles. The Bertz CT molecular complexity index is 790. The van der Waals surface area contributed by atoms with E-state index in [4.69, 9.17) is 5.73 Å². The first kappa shape index (κ1) is 18.0. The lowest BCUT2D eigenvalue weighted by Gasteiger charge is -2.23. The summed E-state index contributed by atoms with van der Waals surface area (Å²) < 4.78 is 0. The zero-order valence-corrected chi connectivity index (χ0v) is 14.2. The summed E-state index contributed by atoms with van der Waals surface area (Å²) in [5, 5.41) is 6.24. The van der Waals surface area contributed by atoms with Crippen molar-refractivity contribution in [2.75, 3.05) is 30.8 Å². The first-order valence-electron chi connectivity index (χ1n) is 7.66. The van der Waals surface area contributed by atoms with Gasteiger partial charge in [-0.15, -0.1) is 12.4 Å². The Balaban J connectivity index is 0.00000208. The molecule has 5 nitrogen and oxygen atoms in total. The van der Waals surface area contributed by atoms with Crippen LogP contribution in [0.1, 0.15) is 38.3 Å². The molecule has 24 heavy (non-hydrogen) atoms. The van der Waals surface area contributed by atoms with Crippen LogP contribution in [0.3, 0.4) is 0 Å². The van der Waals surface area contributed by atoms with Gasteiger partial charge in [-0.2, -0.15) is 0 Å². The van der Waals surface area contributed by atoms with Gasteiger partial charge in [0, 0.05) is 36.1 Å². The van der Waals surface area contributed by atoms with E-state index in [2.05, 4.69) is 10.6 Å². The molecule has 0 radical (unpaired) electrons. The Morgan fingerprint density at radius 2 is 1.46 bits per heavy atom. The zero-order valence-electron chi connectivity index (χ0n) is 13.4. The molecular formula is C18H20ClN3O2. The fourth-order valence-electron chi connectivity index (χ4n) is 2.90. The molecule has 0 bridgehead atoms. The van der Waals surface area contributed by atoms with Gasteiger partial charge in [-0.25, -0.2) is 0 Å². The third-order valence-electron chi connectivity index (χ3n) is 4.04. The van der Waals surface area contributed by atoms with E-state index >= 15 is 0 Å². The summed E-state index contributed by atoms with van der Waals surface area (Å²) >= 11 is 0. The molecule has 0 atom stereocenters. The molecule has 126 valence electrons. The van der Waals surface area contributed by atoms with Crippen molar-refractivity contribution in [3.05, 3.63) is 58.7 Å². The quantitative estimate of drug-likeness (QED) is 0.619. The molecule has 0 spiro atoms. The van der Waals surface area contributed by atoms with E-state index < -0.39 is 0 Å². The third kappa shape index (κ3) is 2.88. The number of halogens is 1. The summed E-state index contributed by atoms with van der Waals surface area (Å²) in [7, 11) is 1.75. The van der Waals surface area contributed by atoms with E-state index in [9.17, 15) is 9.59 Å². The average molecular weight is 346 g/mol.